The Bertz CT molecular complexity index is 349. The number of H-pyrrole nitrogens is 1. The number of aromatic amines is 1. The molecule has 0 aromatic carbocycles. The fraction of sp³-hybridized carbons (Fsp3) is 0.727. The molecule has 1 saturated carbocycles. The average Bonchev–Trinajstić information content (AvgIpc) is 2.54. The van der Waals surface area contributed by atoms with Gasteiger partial charge in [-0.05, 0) is 17.8 Å². The van der Waals surface area contributed by atoms with Crippen molar-refractivity contribution < 1.29 is 0 Å². The van der Waals surface area contributed by atoms with E-state index in [9.17, 15) is 0 Å². The van der Waals surface area contributed by atoms with Crippen LogP contribution >= 0.6 is 0 Å². The highest BCUT2D eigenvalue weighted by Crippen LogP contribution is 2.59. The molecule has 1 aromatic rings. The molecule has 14 heavy (non-hydrogen) atoms. The van der Waals surface area contributed by atoms with Crippen LogP contribution in [-0.4, -0.2) is 10.2 Å². The first kappa shape index (κ1) is 9.56. The Hall–Kier alpha value is -0.990. The van der Waals surface area contributed by atoms with Gasteiger partial charge in [0.1, 0.15) is 5.82 Å². The lowest BCUT2D eigenvalue weighted by Gasteiger charge is -2.08. The van der Waals surface area contributed by atoms with Gasteiger partial charge in [0, 0.05) is 17.2 Å². The molecule has 3 heteroatoms. The number of rotatable bonds is 2. The molecule has 1 aliphatic rings. The Morgan fingerprint density at radius 3 is 2.50 bits per heavy atom. The smallest absolute Gasteiger partial charge is 0.148 e. The maximum atomic E-state index is 5.85. The van der Waals surface area contributed by atoms with Crippen molar-refractivity contribution in [3.05, 3.63) is 11.3 Å². The van der Waals surface area contributed by atoms with Crippen LogP contribution in [0, 0.1) is 5.41 Å². The summed E-state index contributed by atoms with van der Waals surface area (Å²) in [4.78, 5) is 0. The molecule has 3 nitrogen and oxygen atoms in total. The Kier molecular flexibility index (Phi) is 1.88. The number of nitrogens with one attached hydrogen (secondary N) is 1. The number of aromatic nitrogens is 2. The number of nitrogens with two attached hydrogens (primary N) is 1. The van der Waals surface area contributed by atoms with Crippen LogP contribution in [0.2, 0.25) is 0 Å². The summed E-state index contributed by atoms with van der Waals surface area (Å²) < 4.78 is 0. The van der Waals surface area contributed by atoms with Crippen LogP contribution in [0.5, 0.6) is 0 Å². The summed E-state index contributed by atoms with van der Waals surface area (Å²) in [5, 5.41) is 7.22. The van der Waals surface area contributed by atoms with Crippen LogP contribution in [-0.2, 0) is 0 Å². The summed E-state index contributed by atoms with van der Waals surface area (Å²) in [6, 6.07) is 0. The van der Waals surface area contributed by atoms with Crippen LogP contribution in [0.4, 0.5) is 5.82 Å². The molecule has 1 aromatic heterocycles. The number of nitrogens with zero attached hydrogens (tertiary/aromatic N) is 1. The summed E-state index contributed by atoms with van der Waals surface area (Å²) in [5.41, 5.74) is 8.78. The molecule has 1 unspecified atom stereocenters. The highest BCUT2D eigenvalue weighted by atomic mass is 15.2. The molecule has 2 rings (SSSR count). The standard InChI is InChI=1S/C11H19N3/c1-6(2)8-9(13-14-10(8)12)7-5-11(7,3)4/h6-7H,5H2,1-4H3,(H3,12,13,14). The Morgan fingerprint density at radius 2 is 2.07 bits per heavy atom. The third kappa shape index (κ3) is 1.31. The van der Waals surface area contributed by atoms with Crippen LogP contribution in [0.1, 0.15) is 57.2 Å². The van der Waals surface area contributed by atoms with Gasteiger partial charge in [-0.15, -0.1) is 0 Å². The highest BCUT2D eigenvalue weighted by Gasteiger charge is 2.48. The summed E-state index contributed by atoms with van der Waals surface area (Å²) >= 11 is 0. The minimum Gasteiger partial charge on any atom is -0.382 e. The van der Waals surface area contributed by atoms with Crippen LogP contribution in [0.3, 0.4) is 0 Å². The van der Waals surface area contributed by atoms with Gasteiger partial charge in [-0.25, -0.2) is 0 Å². The molecule has 0 amide bonds. The molecule has 3 N–H and O–H groups in total. The van der Waals surface area contributed by atoms with Crippen LogP contribution in [0.15, 0.2) is 0 Å². The lowest BCUT2D eigenvalue weighted by Crippen LogP contribution is -1.99. The first-order valence-corrected chi connectivity index (χ1v) is 5.27. The van der Waals surface area contributed by atoms with E-state index in [2.05, 4.69) is 37.9 Å². The third-order valence-electron chi connectivity index (χ3n) is 3.30. The predicted octanol–water partition coefficient (Wildman–Crippen LogP) is 2.63. The minimum absolute atomic E-state index is 0.433. The monoisotopic (exact) mass is 193 g/mol. The number of nitrogen functional groups attached to an aromatic ring is 1. The summed E-state index contributed by atoms with van der Waals surface area (Å²) in [7, 11) is 0. The van der Waals surface area contributed by atoms with E-state index in [1.807, 2.05) is 0 Å². The largest absolute Gasteiger partial charge is 0.382 e. The quantitative estimate of drug-likeness (QED) is 0.758. The van der Waals surface area contributed by atoms with E-state index in [4.69, 9.17) is 5.73 Å². The summed E-state index contributed by atoms with van der Waals surface area (Å²) in [6.45, 7) is 8.91. The van der Waals surface area contributed by atoms with E-state index in [1.54, 1.807) is 0 Å². The van der Waals surface area contributed by atoms with Crippen molar-refractivity contribution in [1.29, 1.82) is 0 Å². The second-order valence-electron chi connectivity index (χ2n) is 5.34. The minimum atomic E-state index is 0.433. The molecule has 0 aliphatic heterocycles. The lowest BCUT2D eigenvalue weighted by atomic mass is 9.98. The van der Waals surface area contributed by atoms with Crippen molar-refractivity contribution in [3.8, 4) is 0 Å². The third-order valence-corrected chi connectivity index (χ3v) is 3.30. The molecule has 0 radical (unpaired) electrons. The fourth-order valence-corrected chi connectivity index (χ4v) is 2.21. The Labute approximate surface area is 85.1 Å². The molecule has 1 atom stereocenters. The van der Waals surface area contributed by atoms with Gasteiger partial charge in [0.05, 0.1) is 0 Å². The van der Waals surface area contributed by atoms with E-state index < -0.39 is 0 Å². The van der Waals surface area contributed by atoms with Gasteiger partial charge in [0.15, 0.2) is 0 Å². The maximum Gasteiger partial charge on any atom is 0.148 e. The number of hydrogen-bond donors (Lipinski definition) is 2. The lowest BCUT2D eigenvalue weighted by molar-refractivity contribution is 0.611. The van der Waals surface area contributed by atoms with Gasteiger partial charge in [-0.2, -0.15) is 5.10 Å². The highest BCUT2D eigenvalue weighted by molar-refractivity contribution is 5.47. The second-order valence-corrected chi connectivity index (χ2v) is 5.34. The number of anilines is 1. The molecule has 0 saturated heterocycles. The van der Waals surface area contributed by atoms with E-state index in [0.717, 1.165) is 0 Å². The zero-order valence-electron chi connectivity index (χ0n) is 9.39. The molecule has 1 aliphatic carbocycles. The first-order chi connectivity index (χ1) is 6.43. The van der Waals surface area contributed by atoms with Gasteiger partial charge in [-0.1, -0.05) is 27.7 Å². The number of hydrogen-bond acceptors (Lipinski definition) is 2. The molecule has 78 valence electrons. The topological polar surface area (TPSA) is 54.7 Å². The van der Waals surface area contributed by atoms with Crippen LogP contribution < -0.4 is 5.73 Å². The fourth-order valence-electron chi connectivity index (χ4n) is 2.21. The van der Waals surface area contributed by atoms with Crippen molar-refractivity contribution in [2.45, 2.75) is 46.0 Å². The van der Waals surface area contributed by atoms with Crippen molar-refractivity contribution in [2.24, 2.45) is 5.41 Å². The Morgan fingerprint density at radius 1 is 1.50 bits per heavy atom. The van der Waals surface area contributed by atoms with Gasteiger partial charge < -0.3 is 5.73 Å². The van der Waals surface area contributed by atoms with E-state index in [-0.39, 0.29) is 0 Å². The summed E-state index contributed by atoms with van der Waals surface area (Å²) in [5.74, 6) is 1.77. The molecule has 0 bridgehead atoms. The molecular weight excluding hydrogens is 174 g/mol. The Balaban J connectivity index is 2.36. The normalized spacial score (nSPS) is 24.2. The van der Waals surface area contributed by atoms with E-state index >= 15 is 0 Å². The van der Waals surface area contributed by atoms with Crippen molar-refractivity contribution in [3.63, 3.8) is 0 Å². The van der Waals surface area contributed by atoms with Gasteiger partial charge in [0.25, 0.3) is 0 Å². The zero-order chi connectivity index (χ0) is 10.5. The SMILES string of the molecule is CC(C)c1c(N)n[nH]c1C1CC1(C)C. The van der Waals surface area contributed by atoms with Crippen molar-refractivity contribution >= 4 is 5.82 Å². The van der Waals surface area contributed by atoms with Crippen LogP contribution in [0.25, 0.3) is 0 Å². The van der Waals surface area contributed by atoms with Crippen molar-refractivity contribution in [2.75, 3.05) is 5.73 Å². The predicted molar refractivity (Wildman–Crippen MR) is 58.2 cm³/mol. The molecule has 0 spiro atoms. The van der Waals surface area contributed by atoms with Gasteiger partial charge in [-0.3, -0.25) is 5.10 Å². The zero-order valence-corrected chi connectivity index (χ0v) is 9.39. The van der Waals surface area contributed by atoms with E-state index in [0.29, 0.717) is 23.1 Å². The van der Waals surface area contributed by atoms with Gasteiger partial charge >= 0.3 is 0 Å². The summed E-state index contributed by atoms with van der Waals surface area (Å²) in [6.07, 6.45) is 1.24. The second kappa shape index (κ2) is 2.75. The maximum absolute atomic E-state index is 5.85. The average molecular weight is 193 g/mol. The van der Waals surface area contributed by atoms with Gasteiger partial charge in [0.2, 0.25) is 0 Å². The molecule has 1 fully saturated rings. The first-order valence-electron chi connectivity index (χ1n) is 5.27. The van der Waals surface area contributed by atoms with Crippen molar-refractivity contribution in [1.82, 2.24) is 10.2 Å². The molecular formula is C11H19N3. The van der Waals surface area contributed by atoms with E-state index in [1.165, 1.54) is 17.7 Å². The molecule has 1 heterocycles.